The molecule has 0 radical (unpaired) electrons. The highest BCUT2D eigenvalue weighted by Crippen LogP contribution is 2.29. The number of nitrogens with zero attached hydrogens (tertiary/aromatic N) is 1. The van der Waals surface area contributed by atoms with Gasteiger partial charge in [-0.05, 0) is 45.7 Å². The lowest BCUT2D eigenvalue weighted by Gasteiger charge is -2.34. The second-order valence-corrected chi connectivity index (χ2v) is 5.19. The summed E-state index contributed by atoms with van der Waals surface area (Å²) < 4.78 is 0. The number of hydrogen-bond donors (Lipinski definition) is 1. The first-order valence-electron chi connectivity index (χ1n) is 5.61. The van der Waals surface area contributed by atoms with Crippen LogP contribution in [-0.4, -0.2) is 36.0 Å². The summed E-state index contributed by atoms with van der Waals surface area (Å²) in [7, 11) is 0. The Morgan fingerprint density at radius 1 is 1.50 bits per heavy atom. The summed E-state index contributed by atoms with van der Waals surface area (Å²) >= 11 is 0. The zero-order chi connectivity index (χ0) is 10.2. The topological polar surface area (TPSA) is 32.3 Å². The second-order valence-electron chi connectivity index (χ2n) is 5.19. The SMILES string of the molecule is CC1(C)CCCN1C(=O)CC1CNC1. The minimum Gasteiger partial charge on any atom is -0.338 e. The number of amides is 1. The van der Waals surface area contributed by atoms with Gasteiger partial charge in [0.25, 0.3) is 0 Å². The predicted molar refractivity (Wildman–Crippen MR) is 56.0 cm³/mol. The van der Waals surface area contributed by atoms with Crippen molar-refractivity contribution in [2.24, 2.45) is 5.92 Å². The van der Waals surface area contributed by atoms with Crippen molar-refractivity contribution in [2.45, 2.75) is 38.6 Å². The predicted octanol–water partition coefficient (Wildman–Crippen LogP) is 0.997. The third-order valence-corrected chi connectivity index (χ3v) is 3.53. The molecule has 14 heavy (non-hydrogen) atoms. The molecule has 80 valence electrons. The molecule has 2 saturated heterocycles. The molecule has 0 spiro atoms. The summed E-state index contributed by atoms with van der Waals surface area (Å²) in [6, 6.07) is 0. The van der Waals surface area contributed by atoms with Crippen LogP contribution in [0, 0.1) is 5.92 Å². The lowest BCUT2D eigenvalue weighted by atomic mass is 9.96. The molecule has 0 aliphatic carbocycles. The van der Waals surface area contributed by atoms with Crippen LogP contribution in [0.1, 0.15) is 33.1 Å². The quantitative estimate of drug-likeness (QED) is 0.714. The first kappa shape index (κ1) is 9.97. The maximum absolute atomic E-state index is 12.0. The number of nitrogens with one attached hydrogen (secondary N) is 1. The molecule has 0 saturated carbocycles. The van der Waals surface area contributed by atoms with Crippen molar-refractivity contribution in [3.05, 3.63) is 0 Å². The molecular weight excluding hydrogens is 176 g/mol. The van der Waals surface area contributed by atoms with Crippen LogP contribution in [0.15, 0.2) is 0 Å². The van der Waals surface area contributed by atoms with E-state index in [0.717, 1.165) is 32.5 Å². The van der Waals surface area contributed by atoms with Crippen molar-refractivity contribution >= 4 is 5.91 Å². The van der Waals surface area contributed by atoms with Crippen molar-refractivity contribution < 1.29 is 4.79 Å². The van der Waals surface area contributed by atoms with Gasteiger partial charge in [0, 0.05) is 18.5 Å². The Hall–Kier alpha value is -0.570. The van der Waals surface area contributed by atoms with Crippen LogP contribution < -0.4 is 5.32 Å². The molecule has 2 rings (SSSR count). The van der Waals surface area contributed by atoms with Crippen LogP contribution in [0.2, 0.25) is 0 Å². The first-order chi connectivity index (χ1) is 6.59. The van der Waals surface area contributed by atoms with Gasteiger partial charge in [0.1, 0.15) is 0 Å². The van der Waals surface area contributed by atoms with E-state index in [2.05, 4.69) is 24.1 Å². The Morgan fingerprint density at radius 2 is 2.21 bits per heavy atom. The lowest BCUT2D eigenvalue weighted by Crippen LogP contribution is -2.48. The third kappa shape index (κ3) is 1.78. The van der Waals surface area contributed by atoms with Gasteiger partial charge in [-0.15, -0.1) is 0 Å². The standard InChI is InChI=1S/C11H20N2O/c1-11(2)4-3-5-13(11)10(14)6-9-7-12-8-9/h9,12H,3-8H2,1-2H3. The molecule has 0 atom stereocenters. The largest absolute Gasteiger partial charge is 0.338 e. The fourth-order valence-electron chi connectivity index (χ4n) is 2.42. The van der Waals surface area contributed by atoms with E-state index < -0.39 is 0 Å². The Morgan fingerprint density at radius 3 is 2.64 bits per heavy atom. The molecule has 1 amide bonds. The van der Waals surface area contributed by atoms with Crippen LogP contribution in [0.3, 0.4) is 0 Å². The van der Waals surface area contributed by atoms with Gasteiger partial charge >= 0.3 is 0 Å². The van der Waals surface area contributed by atoms with Gasteiger partial charge in [-0.1, -0.05) is 0 Å². The summed E-state index contributed by atoms with van der Waals surface area (Å²) in [6.07, 6.45) is 3.07. The van der Waals surface area contributed by atoms with E-state index in [-0.39, 0.29) is 5.54 Å². The smallest absolute Gasteiger partial charge is 0.223 e. The van der Waals surface area contributed by atoms with E-state index in [1.807, 2.05) is 0 Å². The molecule has 3 nitrogen and oxygen atoms in total. The van der Waals surface area contributed by atoms with Crippen LogP contribution in [-0.2, 0) is 4.79 Å². The molecule has 3 heteroatoms. The zero-order valence-corrected chi connectivity index (χ0v) is 9.18. The van der Waals surface area contributed by atoms with E-state index in [9.17, 15) is 4.79 Å². The maximum Gasteiger partial charge on any atom is 0.223 e. The van der Waals surface area contributed by atoms with Gasteiger partial charge in [0.2, 0.25) is 5.91 Å². The van der Waals surface area contributed by atoms with Gasteiger partial charge in [-0.2, -0.15) is 0 Å². The number of rotatable bonds is 2. The highest BCUT2D eigenvalue weighted by molar-refractivity contribution is 5.77. The van der Waals surface area contributed by atoms with E-state index in [0.29, 0.717) is 11.8 Å². The summed E-state index contributed by atoms with van der Waals surface area (Å²) in [5.74, 6) is 0.956. The van der Waals surface area contributed by atoms with Gasteiger partial charge in [0.15, 0.2) is 0 Å². The van der Waals surface area contributed by atoms with E-state index in [1.165, 1.54) is 6.42 Å². The van der Waals surface area contributed by atoms with E-state index in [1.54, 1.807) is 0 Å². The molecule has 0 unspecified atom stereocenters. The molecule has 0 aromatic carbocycles. The lowest BCUT2D eigenvalue weighted by molar-refractivity contribution is -0.135. The molecule has 2 heterocycles. The van der Waals surface area contributed by atoms with Crippen molar-refractivity contribution in [1.82, 2.24) is 10.2 Å². The maximum atomic E-state index is 12.0. The second kappa shape index (κ2) is 3.54. The van der Waals surface area contributed by atoms with Crippen molar-refractivity contribution in [3.8, 4) is 0 Å². The van der Waals surface area contributed by atoms with Crippen LogP contribution in [0.25, 0.3) is 0 Å². The summed E-state index contributed by atoms with van der Waals surface area (Å²) in [4.78, 5) is 14.0. The normalized spacial score (nSPS) is 26.3. The van der Waals surface area contributed by atoms with Crippen molar-refractivity contribution in [2.75, 3.05) is 19.6 Å². The van der Waals surface area contributed by atoms with Crippen LogP contribution in [0.5, 0.6) is 0 Å². The molecule has 1 N–H and O–H groups in total. The van der Waals surface area contributed by atoms with Crippen molar-refractivity contribution in [3.63, 3.8) is 0 Å². The number of carbonyl (C=O) groups is 1. The molecule has 2 aliphatic heterocycles. The Bertz CT molecular complexity index is 233. The van der Waals surface area contributed by atoms with Gasteiger partial charge in [-0.25, -0.2) is 0 Å². The number of likely N-dealkylation sites (tertiary alicyclic amines) is 1. The van der Waals surface area contributed by atoms with E-state index >= 15 is 0 Å². The average Bonchev–Trinajstić information content (AvgIpc) is 2.37. The van der Waals surface area contributed by atoms with Gasteiger partial charge in [0.05, 0.1) is 0 Å². The molecule has 2 fully saturated rings. The Kier molecular flexibility index (Phi) is 2.52. The van der Waals surface area contributed by atoms with E-state index in [4.69, 9.17) is 0 Å². The summed E-state index contributed by atoms with van der Waals surface area (Å²) in [5.41, 5.74) is 0.105. The number of carbonyl (C=O) groups excluding carboxylic acids is 1. The molecule has 0 bridgehead atoms. The molecule has 0 aromatic heterocycles. The van der Waals surface area contributed by atoms with Gasteiger partial charge < -0.3 is 10.2 Å². The minimum absolute atomic E-state index is 0.105. The monoisotopic (exact) mass is 196 g/mol. The third-order valence-electron chi connectivity index (χ3n) is 3.53. The van der Waals surface area contributed by atoms with Crippen LogP contribution in [0.4, 0.5) is 0 Å². The van der Waals surface area contributed by atoms with Crippen LogP contribution >= 0.6 is 0 Å². The fraction of sp³-hybridized carbons (Fsp3) is 0.909. The van der Waals surface area contributed by atoms with Gasteiger partial charge in [-0.3, -0.25) is 4.79 Å². The molecule has 0 aromatic rings. The zero-order valence-electron chi connectivity index (χ0n) is 9.18. The molecular formula is C11H20N2O. The first-order valence-corrected chi connectivity index (χ1v) is 5.61. The Labute approximate surface area is 85.8 Å². The minimum atomic E-state index is 0.105. The summed E-state index contributed by atoms with van der Waals surface area (Å²) in [5, 5.41) is 3.21. The Balaban J connectivity index is 1.90. The fourth-order valence-corrected chi connectivity index (χ4v) is 2.42. The van der Waals surface area contributed by atoms with Crippen molar-refractivity contribution in [1.29, 1.82) is 0 Å². The number of hydrogen-bond acceptors (Lipinski definition) is 2. The average molecular weight is 196 g/mol. The highest BCUT2D eigenvalue weighted by atomic mass is 16.2. The highest BCUT2D eigenvalue weighted by Gasteiger charge is 2.36. The molecule has 2 aliphatic rings. The summed E-state index contributed by atoms with van der Waals surface area (Å²) in [6.45, 7) is 7.37.